The third kappa shape index (κ3) is 3.18. The summed E-state index contributed by atoms with van der Waals surface area (Å²) in [6.07, 6.45) is -1.96. The molecule has 0 aromatic carbocycles. The van der Waals surface area contributed by atoms with Gasteiger partial charge in [0.1, 0.15) is 11.0 Å². The fourth-order valence-corrected chi connectivity index (χ4v) is 2.18. The Bertz CT molecular complexity index is 405. The molecule has 6 nitrogen and oxygen atoms in total. The van der Waals surface area contributed by atoms with Gasteiger partial charge in [-0.1, -0.05) is 6.07 Å². The Labute approximate surface area is 101 Å². The molecule has 0 spiro atoms. The van der Waals surface area contributed by atoms with Gasteiger partial charge in [0.25, 0.3) is 0 Å². The Kier molecular flexibility index (Phi) is 3.60. The molecule has 92 valence electrons. The first-order valence-electron chi connectivity index (χ1n) is 5.02. The number of carboxylic acid groups (broad SMARTS) is 1. The van der Waals surface area contributed by atoms with E-state index in [1.807, 2.05) is 0 Å². The summed E-state index contributed by atoms with van der Waals surface area (Å²) in [6.45, 7) is 0.398. The lowest BCUT2D eigenvalue weighted by molar-refractivity contribution is 0.0238. The van der Waals surface area contributed by atoms with Crippen LogP contribution in [0.15, 0.2) is 17.5 Å². The highest BCUT2D eigenvalue weighted by Crippen LogP contribution is 2.16. The van der Waals surface area contributed by atoms with Crippen molar-refractivity contribution in [2.24, 2.45) is 0 Å². The lowest BCUT2D eigenvalue weighted by Gasteiger charge is -2.10. The number of esters is 1. The standard InChI is InChI=1S/C10H11NO5S/c12-9(7-2-1-3-17-7)15-6-4-8(11-5-6)16-10(13)14/h1-3,6,8,11H,4-5H2,(H,13,14). The summed E-state index contributed by atoms with van der Waals surface area (Å²) < 4.78 is 9.73. The van der Waals surface area contributed by atoms with Gasteiger partial charge in [-0.15, -0.1) is 11.3 Å². The molecular formula is C10H11NO5S. The fourth-order valence-electron chi connectivity index (χ4n) is 1.57. The topological polar surface area (TPSA) is 84.9 Å². The smallest absolute Gasteiger partial charge is 0.457 e. The van der Waals surface area contributed by atoms with Crippen LogP contribution in [0.1, 0.15) is 16.1 Å². The molecule has 1 aliphatic rings. The Hall–Kier alpha value is -1.60. The molecule has 1 aromatic heterocycles. The highest BCUT2D eigenvalue weighted by Gasteiger charge is 2.29. The zero-order valence-electron chi connectivity index (χ0n) is 8.79. The van der Waals surface area contributed by atoms with E-state index in [0.29, 0.717) is 17.8 Å². The van der Waals surface area contributed by atoms with Crippen molar-refractivity contribution in [1.29, 1.82) is 0 Å². The lowest BCUT2D eigenvalue weighted by Crippen LogP contribution is -2.26. The van der Waals surface area contributed by atoms with Crippen LogP contribution in [0.4, 0.5) is 4.79 Å². The molecule has 1 saturated heterocycles. The summed E-state index contributed by atoms with van der Waals surface area (Å²) in [5, 5.41) is 13.0. The molecule has 17 heavy (non-hydrogen) atoms. The van der Waals surface area contributed by atoms with Crippen molar-refractivity contribution in [3.8, 4) is 0 Å². The third-order valence-corrected chi connectivity index (χ3v) is 3.14. The van der Waals surface area contributed by atoms with Gasteiger partial charge in [-0.2, -0.15) is 0 Å². The number of carbonyl (C=O) groups is 2. The molecule has 0 radical (unpaired) electrons. The lowest BCUT2D eigenvalue weighted by atomic mass is 10.3. The summed E-state index contributed by atoms with van der Waals surface area (Å²) in [6, 6.07) is 3.45. The maximum atomic E-state index is 11.6. The average molecular weight is 257 g/mol. The Balaban J connectivity index is 1.82. The normalized spacial score (nSPS) is 23.3. The SMILES string of the molecule is O=C(O)OC1CC(OC(=O)c2cccs2)CN1. The summed E-state index contributed by atoms with van der Waals surface area (Å²) in [5.74, 6) is -0.386. The fraction of sp³-hybridized carbons (Fsp3) is 0.400. The predicted octanol–water partition coefficient (Wildman–Crippen LogP) is 1.29. The van der Waals surface area contributed by atoms with Crippen LogP contribution in [0.5, 0.6) is 0 Å². The molecule has 0 amide bonds. The number of carbonyl (C=O) groups excluding carboxylic acids is 1. The van der Waals surface area contributed by atoms with Crippen LogP contribution in [0.3, 0.4) is 0 Å². The monoisotopic (exact) mass is 257 g/mol. The molecule has 2 N–H and O–H groups in total. The van der Waals surface area contributed by atoms with Crippen molar-refractivity contribution in [1.82, 2.24) is 5.32 Å². The maximum absolute atomic E-state index is 11.6. The second kappa shape index (κ2) is 5.15. The van der Waals surface area contributed by atoms with E-state index in [2.05, 4.69) is 10.1 Å². The van der Waals surface area contributed by atoms with Gasteiger partial charge in [-0.05, 0) is 11.4 Å². The predicted molar refractivity (Wildman–Crippen MR) is 59.0 cm³/mol. The van der Waals surface area contributed by atoms with Crippen molar-refractivity contribution in [2.45, 2.75) is 18.8 Å². The Morgan fingerprint density at radius 3 is 2.94 bits per heavy atom. The van der Waals surface area contributed by atoms with Crippen LogP contribution in [0.25, 0.3) is 0 Å². The van der Waals surface area contributed by atoms with Crippen molar-refractivity contribution in [3.05, 3.63) is 22.4 Å². The van der Waals surface area contributed by atoms with Crippen LogP contribution >= 0.6 is 11.3 Å². The van der Waals surface area contributed by atoms with Crippen molar-refractivity contribution in [2.75, 3.05) is 6.54 Å². The summed E-state index contributed by atoms with van der Waals surface area (Å²) in [7, 11) is 0. The summed E-state index contributed by atoms with van der Waals surface area (Å²) >= 11 is 1.31. The quantitative estimate of drug-likeness (QED) is 0.794. The Morgan fingerprint density at radius 1 is 1.47 bits per heavy atom. The Morgan fingerprint density at radius 2 is 2.29 bits per heavy atom. The molecule has 2 heterocycles. The van der Waals surface area contributed by atoms with Crippen molar-refractivity contribution < 1.29 is 24.2 Å². The van der Waals surface area contributed by atoms with E-state index in [1.54, 1.807) is 17.5 Å². The van der Waals surface area contributed by atoms with E-state index in [4.69, 9.17) is 9.84 Å². The zero-order valence-corrected chi connectivity index (χ0v) is 9.61. The molecular weight excluding hydrogens is 246 g/mol. The second-order valence-corrected chi connectivity index (χ2v) is 4.47. The minimum atomic E-state index is -1.34. The maximum Gasteiger partial charge on any atom is 0.507 e. The van der Waals surface area contributed by atoms with E-state index in [-0.39, 0.29) is 12.1 Å². The molecule has 2 rings (SSSR count). The van der Waals surface area contributed by atoms with Crippen LogP contribution in [-0.2, 0) is 9.47 Å². The van der Waals surface area contributed by atoms with E-state index in [1.165, 1.54) is 11.3 Å². The van der Waals surface area contributed by atoms with Crippen LogP contribution in [-0.4, -0.2) is 36.1 Å². The van der Waals surface area contributed by atoms with Crippen LogP contribution < -0.4 is 5.32 Å². The second-order valence-electron chi connectivity index (χ2n) is 3.52. The molecule has 0 bridgehead atoms. The number of ether oxygens (including phenoxy) is 2. The molecule has 1 aliphatic heterocycles. The summed E-state index contributed by atoms with van der Waals surface area (Å²) in [4.78, 5) is 22.4. The van der Waals surface area contributed by atoms with Gasteiger partial charge < -0.3 is 14.6 Å². The third-order valence-electron chi connectivity index (χ3n) is 2.29. The van der Waals surface area contributed by atoms with E-state index in [0.717, 1.165) is 0 Å². The minimum Gasteiger partial charge on any atom is -0.457 e. The van der Waals surface area contributed by atoms with Gasteiger partial charge in [0.15, 0.2) is 6.23 Å². The molecule has 0 aliphatic carbocycles. The van der Waals surface area contributed by atoms with Crippen molar-refractivity contribution >= 4 is 23.5 Å². The van der Waals surface area contributed by atoms with Gasteiger partial charge in [0.2, 0.25) is 0 Å². The van der Waals surface area contributed by atoms with Gasteiger partial charge in [0, 0.05) is 13.0 Å². The number of rotatable bonds is 3. The van der Waals surface area contributed by atoms with Crippen LogP contribution in [0.2, 0.25) is 0 Å². The number of thiophene rings is 1. The highest BCUT2D eigenvalue weighted by atomic mass is 32.1. The first kappa shape index (κ1) is 11.9. The first-order chi connectivity index (χ1) is 8.15. The molecule has 2 unspecified atom stereocenters. The van der Waals surface area contributed by atoms with E-state index in [9.17, 15) is 9.59 Å². The van der Waals surface area contributed by atoms with Crippen LogP contribution in [0, 0.1) is 0 Å². The van der Waals surface area contributed by atoms with Gasteiger partial charge in [-0.25, -0.2) is 9.59 Å². The highest BCUT2D eigenvalue weighted by molar-refractivity contribution is 7.11. The zero-order chi connectivity index (χ0) is 12.3. The van der Waals surface area contributed by atoms with Gasteiger partial charge >= 0.3 is 12.1 Å². The molecule has 1 aromatic rings. The summed E-state index contributed by atoms with van der Waals surface area (Å²) in [5.41, 5.74) is 0. The average Bonchev–Trinajstić information content (AvgIpc) is 2.87. The molecule has 2 atom stereocenters. The number of nitrogens with one attached hydrogen (secondary N) is 1. The molecule has 7 heteroatoms. The van der Waals surface area contributed by atoms with E-state index < -0.39 is 12.4 Å². The van der Waals surface area contributed by atoms with Crippen molar-refractivity contribution in [3.63, 3.8) is 0 Å². The van der Waals surface area contributed by atoms with Gasteiger partial charge in [-0.3, -0.25) is 5.32 Å². The first-order valence-corrected chi connectivity index (χ1v) is 5.90. The number of hydrogen-bond donors (Lipinski definition) is 2. The van der Waals surface area contributed by atoms with Gasteiger partial charge in [0.05, 0.1) is 0 Å². The number of hydrogen-bond acceptors (Lipinski definition) is 6. The molecule has 0 saturated carbocycles. The largest absolute Gasteiger partial charge is 0.507 e. The minimum absolute atomic E-state index is 0.337. The van der Waals surface area contributed by atoms with E-state index >= 15 is 0 Å². The molecule has 1 fully saturated rings.